The summed E-state index contributed by atoms with van der Waals surface area (Å²) in [6.07, 6.45) is 0. The summed E-state index contributed by atoms with van der Waals surface area (Å²) in [5, 5.41) is 4.11. The molecule has 120 valence electrons. The number of hydrogen-bond acceptors (Lipinski definition) is 4. The fourth-order valence-corrected chi connectivity index (χ4v) is 4.22. The average molecular weight is 338 g/mol. The van der Waals surface area contributed by atoms with Crippen molar-refractivity contribution in [2.45, 2.75) is 24.8 Å². The molecule has 2 aromatic rings. The summed E-state index contributed by atoms with van der Waals surface area (Å²) in [5.41, 5.74) is 1.16. The van der Waals surface area contributed by atoms with Crippen molar-refractivity contribution in [3.63, 3.8) is 0 Å². The number of nitrogens with one attached hydrogen (secondary N) is 1. The number of sulfonamides is 1. The van der Waals surface area contributed by atoms with E-state index in [2.05, 4.69) is 34.9 Å². The third kappa shape index (κ3) is 4.16. The summed E-state index contributed by atoms with van der Waals surface area (Å²) in [7, 11) is -3.47. The predicted molar refractivity (Wildman–Crippen MR) is 91.6 cm³/mol. The van der Waals surface area contributed by atoms with E-state index in [1.165, 1.54) is 0 Å². The minimum atomic E-state index is -3.47. The van der Waals surface area contributed by atoms with E-state index in [4.69, 9.17) is 0 Å². The SMILES string of the molecule is CCN(CC)[C@@H](CNS(=O)(=O)c1ccccc1)c1ccsc1. The molecule has 0 spiro atoms. The lowest BCUT2D eigenvalue weighted by Crippen LogP contribution is -2.37. The molecule has 1 aromatic heterocycles. The number of thiophene rings is 1. The van der Waals surface area contributed by atoms with Crippen molar-refractivity contribution in [3.05, 3.63) is 52.7 Å². The Bertz CT molecular complexity index is 651. The van der Waals surface area contributed by atoms with Crippen molar-refractivity contribution < 1.29 is 8.42 Å². The highest BCUT2D eigenvalue weighted by molar-refractivity contribution is 7.89. The second kappa shape index (κ2) is 7.87. The molecule has 0 amide bonds. The highest BCUT2D eigenvalue weighted by Gasteiger charge is 2.22. The minimum Gasteiger partial charge on any atom is -0.296 e. The molecule has 0 aliphatic heterocycles. The standard InChI is InChI=1S/C16H22N2O2S2/c1-3-18(4-2)16(14-10-11-21-13-14)12-17-22(19,20)15-8-6-5-7-9-15/h5-11,13,16-17H,3-4,12H2,1-2H3/t16-/m0/s1. The summed E-state index contributed by atoms with van der Waals surface area (Å²) in [6, 6.07) is 10.6. The van der Waals surface area contributed by atoms with Gasteiger partial charge in [0.05, 0.1) is 4.90 Å². The van der Waals surface area contributed by atoms with Crippen LogP contribution in [0.1, 0.15) is 25.5 Å². The third-order valence-corrected chi connectivity index (χ3v) is 5.84. The van der Waals surface area contributed by atoms with E-state index in [1.807, 2.05) is 11.4 Å². The second-order valence-corrected chi connectivity index (χ2v) is 7.51. The van der Waals surface area contributed by atoms with Crippen LogP contribution in [0.2, 0.25) is 0 Å². The topological polar surface area (TPSA) is 49.4 Å². The fraction of sp³-hybridized carbons (Fsp3) is 0.375. The average Bonchev–Trinajstić information content (AvgIpc) is 3.06. The molecule has 2 rings (SSSR count). The second-order valence-electron chi connectivity index (χ2n) is 4.96. The first-order valence-electron chi connectivity index (χ1n) is 7.39. The lowest BCUT2D eigenvalue weighted by Gasteiger charge is -2.29. The molecule has 1 aromatic carbocycles. The van der Waals surface area contributed by atoms with E-state index >= 15 is 0 Å². The van der Waals surface area contributed by atoms with Crippen molar-refractivity contribution >= 4 is 21.4 Å². The molecular weight excluding hydrogens is 316 g/mol. The van der Waals surface area contributed by atoms with E-state index in [0.29, 0.717) is 11.4 Å². The number of likely N-dealkylation sites (N-methyl/N-ethyl adjacent to an activating group) is 1. The monoisotopic (exact) mass is 338 g/mol. The Morgan fingerprint density at radius 3 is 2.36 bits per heavy atom. The molecule has 0 fully saturated rings. The van der Waals surface area contributed by atoms with Crippen LogP contribution in [-0.4, -0.2) is 33.0 Å². The normalized spacial score (nSPS) is 13.4. The molecule has 1 N–H and O–H groups in total. The van der Waals surface area contributed by atoms with Gasteiger partial charge in [-0.2, -0.15) is 11.3 Å². The largest absolute Gasteiger partial charge is 0.296 e. The van der Waals surface area contributed by atoms with E-state index in [0.717, 1.165) is 18.7 Å². The van der Waals surface area contributed by atoms with Crippen LogP contribution in [0.15, 0.2) is 52.1 Å². The molecule has 0 bridgehead atoms. The maximum atomic E-state index is 12.4. The van der Waals surface area contributed by atoms with Crippen LogP contribution in [0.4, 0.5) is 0 Å². The van der Waals surface area contributed by atoms with Gasteiger partial charge in [-0.15, -0.1) is 0 Å². The highest BCUT2D eigenvalue weighted by Crippen LogP contribution is 2.23. The molecular formula is C16H22N2O2S2. The summed E-state index contributed by atoms with van der Waals surface area (Å²) in [4.78, 5) is 2.56. The molecule has 0 unspecified atom stereocenters. The van der Waals surface area contributed by atoms with Crippen LogP contribution in [0, 0.1) is 0 Å². The molecule has 0 saturated carbocycles. The van der Waals surface area contributed by atoms with Gasteiger partial charge in [0.15, 0.2) is 0 Å². The number of benzene rings is 1. The first kappa shape index (κ1) is 17.1. The maximum Gasteiger partial charge on any atom is 0.240 e. The van der Waals surface area contributed by atoms with Crippen LogP contribution in [-0.2, 0) is 10.0 Å². The van der Waals surface area contributed by atoms with Crippen LogP contribution in [0.25, 0.3) is 0 Å². The van der Waals surface area contributed by atoms with E-state index in [9.17, 15) is 8.42 Å². The Hall–Kier alpha value is -1.21. The van der Waals surface area contributed by atoms with Crippen LogP contribution in [0.3, 0.4) is 0 Å². The molecule has 1 atom stereocenters. The zero-order valence-electron chi connectivity index (χ0n) is 12.9. The Balaban J connectivity index is 2.15. The number of nitrogens with zero attached hydrogens (tertiary/aromatic N) is 1. The van der Waals surface area contributed by atoms with E-state index in [1.54, 1.807) is 35.6 Å². The molecule has 6 heteroatoms. The van der Waals surface area contributed by atoms with E-state index in [-0.39, 0.29) is 6.04 Å². The fourth-order valence-electron chi connectivity index (χ4n) is 2.46. The highest BCUT2D eigenvalue weighted by atomic mass is 32.2. The predicted octanol–water partition coefficient (Wildman–Crippen LogP) is 3.11. The lowest BCUT2D eigenvalue weighted by atomic mass is 10.1. The summed E-state index contributed by atoms with van der Waals surface area (Å²) in [6.45, 7) is 6.31. The van der Waals surface area contributed by atoms with Gasteiger partial charge in [0.25, 0.3) is 0 Å². The molecule has 4 nitrogen and oxygen atoms in total. The quantitative estimate of drug-likeness (QED) is 0.804. The minimum absolute atomic E-state index is 0.0553. The van der Waals surface area contributed by atoms with Crippen LogP contribution >= 0.6 is 11.3 Å². The van der Waals surface area contributed by atoms with Crippen molar-refractivity contribution in [2.24, 2.45) is 0 Å². The Morgan fingerprint density at radius 1 is 1.14 bits per heavy atom. The smallest absolute Gasteiger partial charge is 0.240 e. The van der Waals surface area contributed by atoms with Crippen molar-refractivity contribution in [3.8, 4) is 0 Å². The third-order valence-electron chi connectivity index (χ3n) is 3.70. The number of hydrogen-bond donors (Lipinski definition) is 1. The maximum absolute atomic E-state index is 12.4. The molecule has 1 heterocycles. The zero-order valence-corrected chi connectivity index (χ0v) is 14.5. The van der Waals surface area contributed by atoms with Crippen LogP contribution in [0.5, 0.6) is 0 Å². The van der Waals surface area contributed by atoms with Gasteiger partial charge in [-0.05, 0) is 47.6 Å². The molecule has 22 heavy (non-hydrogen) atoms. The summed E-state index contributed by atoms with van der Waals surface area (Å²) < 4.78 is 27.5. The van der Waals surface area contributed by atoms with Gasteiger partial charge in [-0.1, -0.05) is 32.0 Å². The summed E-state index contributed by atoms with van der Waals surface area (Å²) in [5.74, 6) is 0. The molecule has 0 aliphatic rings. The van der Waals surface area contributed by atoms with Crippen molar-refractivity contribution in [1.29, 1.82) is 0 Å². The van der Waals surface area contributed by atoms with Gasteiger partial charge in [-0.25, -0.2) is 13.1 Å². The van der Waals surface area contributed by atoms with Gasteiger partial charge < -0.3 is 0 Å². The summed E-state index contributed by atoms with van der Waals surface area (Å²) >= 11 is 1.63. The molecule has 0 aliphatic carbocycles. The molecule has 0 saturated heterocycles. The Morgan fingerprint density at radius 2 is 1.82 bits per heavy atom. The van der Waals surface area contributed by atoms with Gasteiger partial charge >= 0.3 is 0 Å². The lowest BCUT2D eigenvalue weighted by molar-refractivity contribution is 0.220. The van der Waals surface area contributed by atoms with Gasteiger partial charge in [0.1, 0.15) is 0 Å². The Labute approximate surface area is 136 Å². The Kier molecular flexibility index (Phi) is 6.14. The van der Waals surface area contributed by atoms with Crippen LogP contribution < -0.4 is 4.72 Å². The van der Waals surface area contributed by atoms with Crippen molar-refractivity contribution in [2.75, 3.05) is 19.6 Å². The first-order chi connectivity index (χ1) is 10.6. The van der Waals surface area contributed by atoms with Gasteiger partial charge in [0.2, 0.25) is 10.0 Å². The zero-order chi connectivity index (χ0) is 16.0. The van der Waals surface area contributed by atoms with Gasteiger partial charge in [0, 0.05) is 12.6 Å². The molecule has 0 radical (unpaired) electrons. The van der Waals surface area contributed by atoms with Gasteiger partial charge in [-0.3, -0.25) is 4.90 Å². The van der Waals surface area contributed by atoms with Crippen molar-refractivity contribution in [1.82, 2.24) is 9.62 Å². The van der Waals surface area contributed by atoms with E-state index < -0.39 is 10.0 Å². The first-order valence-corrected chi connectivity index (χ1v) is 9.82. The number of rotatable bonds is 8.